The molecule has 2 amide bonds. The Kier molecular flexibility index (Phi) is 4.52. The molecule has 1 heterocycles. The number of piperidine rings is 1. The Balaban J connectivity index is 1.72. The molecule has 0 radical (unpaired) electrons. The van der Waals surface area contributed by atoms with Gasteiger partial charge < -0.3 is 16.0 Å². The molecule has 0 aliphatic carbocycles. The summed E-state index contributed by atoms with van der Waals surface area (Å²) in [7, 11) is 0. The highest BCUT2D eigenvalue weighted by Crippen LogP contribution is 2.08. The summed E-state index contributed by atoms with van der Waals surface area (Å²) in [6, 6.07) is 7.86. The van der Waals surface area contributed by atoms with Crippen LogP contribution in [0.1, 0.15) is 18.4 Å². The minimum Gasteiger partial charge on any atom is -0.355 e. The SMILES string of the molecule is Cc1ccc(NC(=O)CNC2CCC(=O)NC2)cc1. The van der Waals surface area contributed by atoms with Crippen LogP contribution < -0.4 is 16.0 Å². The predicted molar refractivity (Wildman–Crippen MR) is 73.8 cm³/mol. The van der Waals surface area contributed by atoms with Gasteiger partial charge in [0.25, 0.3) is 0 Å². The first kappa shape index (κ1) is 13.5. The highest BCUT2D eigenvalue weighted by atomic mass is 16.2. The minimum absolute atomic E-state index is 0.0687. The molecule has 0 aromatic heterocycles. The molecule has 2 rings (SSSR count). The number of benzene rings is 1. The molecule has 102 valence electrons. The molecule has 0 spiro atoms. The Morgan fingerprint density at radius 3 is 2.74 bits per heavy atom. The van der Waals surface area contributed by atoms with Gasteiger partial charge in [0.2, 0.25) is 11.8 Å². The molecule has 5 heteroatoms. The van der Waals surface area contributed by atoms with Gasteiger partial charge in [-0.3, -0.25) is 9.59 Å². The number of rotatable bonds is 4. The van der Waals surface area contributed by atoms with E-state index in [1.165, 1.54) is 0 Å². The van der Waals surface area contributed by atoms with Gasteiger partial charge in [-0.1, -0.05) is 17.7 Å². The van der Waals surface area contributed by atoms with Gasteiger partial charge in [0.1, 0.15) is 0 Å². The first-order valence-electron chi connectivity index (χ1n) is 6.50. The summed E-state index contributed by atoms with van der Waals surface area (Å²) < 4.78 is 0. The molecular weight excluding hydrogens is 242 g/mol. The third-order valence-electron chi connectivity index (χ3n) is 3.15. The standard InChI is InChI=1S/C14H19N3O2/c1-10-2-4-11(5-3-10)17-14(19)9-15-12-6-7-13(18)16-8-12/h2-5,12,15H,6-9H2,1H3,(H,16,18)(H,17,19). The van der Waals surface area contributed by atoms with E-state index in [9.17, 15) is 9.59 Å². The van der Waals surface area contributed by atoms with Gasteiger partial charge in [-0.25, -0.2) is 0 Å². The van der Waals surface area contributed by atoms with E-state index in [-0.39, 0.29) is 24.4 Å². The number of hydrogen-bond acceptors (Lipinski definition) is 3. The number of hydrogen-bond donors (Lipinski definition) is 3. The van der Waals surface area contributed by atoms with Crippen LogP contribution in [-0.2, 0) is 9.59 Å². The third-order valence-corrected chi connectivity index (χ3v) is 3.15. The van der Waals surface area contributed by atoms with Crippen molar-refractivity contribution in [2.75, 3.05) is 18.4 Å². The van der Waals surface area contributed by atoms with Crippen molar-refractivity contribution in [2.45, 2.75) is 25.8 Å². The van der Waals surface area contributed by atoms with Crippen LogP contribution in [0.25, 0.3) is 0 Å². The fourth-order valence-corrected chi connectivity index (χ4v) is 1.99. The van der Waals surface area contributed by atoms with E-state index >= 15 is 0 Å². The van der Waals surface area contributed by atoms with Gasteiger partial charge >= 0.3 is 0 Å². The Morgan fingerprint density at radius 1 is 1.37 bits per heavy atom. The van der Waals surface area contributed by atoms with Crippen LogP contribution in [0.4, 0.5) is 5.69 Å². The lowest BCUT2D eigenvalue weighted by Crippen LogP contribution is -2.47. The predicted octanol–water partition coefficient (Wildman–Crippen LogP) is 0.802. The molecule has 0 bridgehead atoms. The van der Waals surface area contributed by atoms with Gasteiger partial charge in [0.15, 0.2) is 0 Å². The first-order valence-corrected chi connectivity index (χ1v) is 6.50. The molecule has 1 unspecified atom stereocenters. The number of aryl methyl sites for hydroxylation is 1. The minimum atomic E-state index is -0.0687. The number of carbonyl (C=O) groups is 2. The number of amides is 2. The van der Waals surface area contributed by atoms with E-state index in [0.717, 1.165) is 17.7 Å². The van der Waals surface area contributed by atoms with Crippen molar-refractivity contribution in [3.05, 3.63) is 29.8 Å². The zero-order valence-corrected chi connectivity index (χ0v) is 11.0. The van der Waals surface area contributed by atoms with Gasteiger partial charge in [-0.05, 0) is 25.5 Å². The zero-order chi connectivity index (χ0) is 13.7. The molecular formula is C14H19N3O2. The Bertz CT molecular complexity index is 446. The molecule has 1 aliphatic rings. The van der Waals surface area contributed by atoms with Crippen molar-refractivity contribution in [3.8, 4) is 0 Å². The fraction of sp³-hybridized carbons (Fsp3) is 0.429. The van der Waals surface area contributed by atoms with Crippen LogP contribution in [0.2, 0.25) is 0 Å². The Labute approximate surface area is 112 Å². The van der Waals surface area contributed by atoms with Crippen LogP contribution in [-0.4, -0.2) is 30.9 Å². The maximum absolute atomic E-state index is 11.7. The largest absolute Gasteiger partial charge is 0.355 e. The molecule has 5 nitrogen and oxygen atoms in total. The van der Waals surface area contributed by atoms with E-state index in [1.807, 2.05) is 31.2 Å². The second kappa shape index (κ2) is 6.33. The van der Waals surface area contributed by atoms with Crippen molar-refractivity contribution in [3.63, 3.8) is 0 Å². The third kappa shape index (κ3) is 4.37. The van der Waals surface area contributed by atoms with Gasteiger partial charge in [0, 0.05) is 24.7 Å². The number of anilines is 1. The van der Waals surface area contributed by atoms with Crippen LogP contribution in [0.5, 0.6) is 0 Å². The summed E-state index contributed by atoms with van der Waals surface area (Å²) in [5.41, 5.74) is 1.96. The molecule has 1 atom stereocenters. The van der Waals surface area contributed by atoms with Crippen molar-refractivity contribution in [1.29, 1.82) is 0 Å². The van der Waals surface area contributed by atoms with Crippen LogP contribution in [0.3, 0.4) is 0 Å². The quantitative estimate of drug-likeness (QED) is 0.751. The second-order valence-electron chi connectivity index (χ2n) is 4.83. The molecule has 19 heavy (non-hydrogen) atoms. The molecule has 1 aliphatic heterocycles. The summed E-state index contributed by atoms with van der Waals surface area (Å²) in [5, 5.41) is 8.75. The topological polar surface area (TPSA) is 70.2 Å². The van der Waals surface area contributed by atoms with Gasteiger partial charge in [0.05, 0.1) is 6.54 Å². The summed E-state index contributed by atoms with van der Waals surface area (Å²) in [6.45, 7) is 2.86. The number of carbonyl (C=O) groups excluding carboxylic acids is 2. The molecule has 0 saturated carbocycles. The maximum atomic E-state index is 11.7. The van der Waals surface area contributed by atoms with E-state index in [0.29, 0.717) is 13.0 Å². The average Bonchev–Trinajstić information content (AvgIpc) is 2.41. The van der Waals surface area contributed by atoms with Crippen molar-refractivity contribution in [2.24, 2.45) is 0 Å². The lowest BCUT2D eigenvalue weighted by atomic mass is 10.1. The highest BCUT2D eigenvalue weighted by Gasteiger charge is 2.17. The van der Waals surface area contributed by atoms with E-state index in [1.54, 1.807) is 0 Å². The Hall–Kier alpha value is -1.88. The summed E-state index contributed by atoms with van der Waals surface area (Å²) in [5.74, 6) is 0.0166. The zero-order valence-electron chi connectivity index (χ0n) is 11.0. The first-order chi connectivity index (χ1) is 9.13. The van der Waals surface area contributed by atoms with E-state index in [2.05, 4.69) is 16.0 Å². The average molecular weight is 261 g/mol. The van der Waals surface area contributed by atoms with Crippen LogP contribution >= 0.6 is 0 Å². The van der Waals surface area contributed by atoms with Crippen molar-refractivity contribution < 1.29 is 9.59 Å². The smallest absolute Gasteiger partial charge is 0.238 e. The molecule has 1 fully saturated rings. The lowest BCUT2D eigenvalue weighted by molar-refractivity contribution is -0.122. The molecule has 1 aromatic carbocycles. The highest BCUT2D eigenvalue weighted by molar-refractivity contribution is 5.92. The fourth-order valence-electron chi connectivity index (χ4n) is 1.99. The summed E-state index contributed by atoms with van der Waals surface area (Å²) in [4.78, 5) is 22.7. The van der Waals surface area contributed by atoms with E-state index < -0.39 is 0 Å². The van der Waals surface area contributed by atoms with Crippen LogP contribution in [0.15, 0.2) is 24.3 Å². The normalized spacial score (nSPS) is 18.8. The maximum Gasteiger partial charge on any atom is 0.238 e. The number of nitrogens with one attached hydrogen (secondary N) is 3. The molecule has 1 saturated heterocycles. The monoisotopic (exact) mass is 261 g/mol. The van der Waals surface area contributed by atoms with Gasteiger partial charge in [-0.15, -0.1) is 0 Å². The van der Waals surface area contributed by atoms with Crippen molar-refractivity contribution in [1.82, 2.24) is 10.6 Å². The summed E-state index contributed by atoms with van der Waals surface area (Å²) >= 11 is 0. The lowest BCUT2D eigenvalue weighted by Gasteiger charge is -2.23. The van der Waals surface area contributed by atoms with E-state index in [4.69, 9.17) is 0 Å². The molecule has 3 N–H and O–H groups in total. The van der Waals surface area contributed by atoms with Crippen LogP contribution in [0, 0.1) is 6.92 Å². The second-order valence-corrected chi connectivity index (χ2v) is 4.83. The molecule has 1 aromatic rings. The van der Waals surface area contributed by atoms with Crippen molar-refractivity contribution >= 4 is 17.5 Å². The Morgan fingerprint density at radius 2 is 2.11 bits per heavy atom. The van der Waals surface area contributed by atoms with Gasteiger partial charge in [-0.2, -0.15) is 0 Å². The summed E-state index contributed by atoms with van der Waals surface area (Å²) in [6.07, 6.45) is 1.31.